The van der Waals surface area contributed by atoms with Crippen molar-refractivity contribution in [1.82, 2.24) is 14.9 Å². The number of ether oxygens (including phenoxy) is 1. The fourth-order valence-corrected chi connectivity index (χ4v) is 3.09. The van der Waals surface area contributed by atoms with E-state index in [2.05, 4.69) is 9.97 Å². The first kappa shape index (κ1) is 13.1. The second-order valence-corrected chi connectivity index (χ2v) is 6.47. The molecule has 3 heterocycles. The summed E-state index contributed by atoms with van der Waals surface area (Å²) in [5.74, 6) is 0.300. The minimum Gasteiger partial charge on any atom is -0.444 e. The van der Waals surface area contributed by atoms with Gasteiger partial charge >= 0.3 is 6.09 Å². The predicted octanol–water partition coefficient (Wildman–Crippen LogP) is 2.06. The molecule has 1 aromatic heterocycles. The number of anilines is 1. The van der Waals surface area contributed by atoms with E-state index in [9.17, 15) is 4.79 Å². The molecule has 1 fully saturated rings. The van der Waals surface area contributed by atoms with Crippen LogP contribution in [0, 0.1) is 0 Å². The lowest BCUT2D eigenvalue weighted by atomic mass is 10.00. The molecule has 2 N–H and O–H groups in total. The number of fused-ring (bicyclic) bond motifs is 4. The quantitative estimate of drug-likeness (QED) is 0.784. The van der Waals surface area contributed by atoms with E-state index in [1.165, 1.54) is 0 Å². The van der Waals surface area contributed by atoms with Crippen LogP contribution >= 0.6 is 0 Å². The van der Waals surface area contributed by atoms with E-state index >= 15 is 0 Å². The Balaban J connectivity index is 1.89. The molecule has 0 saturated carbocycles. The second kappa shape index (κ2) is 4.33. The molecule has 0 radical (unpaired) electrons. The molecule has 6 nitrogen and oxygen atoms in total. The molecule has 1 amide bonds. The Morgan fingerprint density at radius 2 is 2.20 bits per heavy atom. The molecule has 2 atom stereocenters. The normalized spacial score (nSPS) is 24.4. The summed E-state index contributed by atoms with van der Waals surface area (Å²) >= 11 is 0. The van der Waals surface area contributed by atoms with E-state index in [0.29, 0.717) is 5.95 Å². The zero-order valence-corrected chi connectivity index (χ0v) is 12.1. The molecular weight excluding hydrogens is 256 g/mol. The van der Waals surface area contributed by atoms with Gasteiger partial charge in [0.2, 0.25) is 5.95 Å². The van der Waals surface area contributed by atoms with Gasteiger partial charge in [-0.05, 0) is 33.6 Å². The molecule has 0 aromatic carbocycles. The van der Waals surface area contributed by atoms with Crippen LogP contribution < -0.4 is 5.73 Å². The van der Waals surface area contributed by atoms with E-state index in [-0.39, 0.29) is 18.2 Å². The van der Waals surface area contributed by atoms with Crippen LogP contribution in [0.15, 0.2) is 6.20 Å². The van der Waals surface area contributed by atoms with Gasteiger partial charge in [-0.2, -0.15) is 0 Å². The standard InChI is InChI=1S/C14H20N4O2/c1-14(2,3)20-13(19)18-8-4-5-11(18)9-7-16-12(15)17-10(9)6-8/h7-8,11H,4-6H2,1-3H3,(H2,15,16,17). The number of amides is 1. The zero-order valence-electron chi connectivity index (χ0n) is 12.1. The van der Waals surface area contributed by atoms with Crippen LogP contribution in [0.5, 0.6) is 0 Å². The van der Waals surface area contributed by atoms with Gasteiger partial charge in [-0.3, -0.25) is 4.90 Å². The number of nitrogens with two attached hydrogens (primary N) is 1. The van der Waals surface area contributed by atoms with Gasteiger partial charge in [-0.15, -0.1) is 0 Å². The van der Waals surface area contributed by atoms with Crippen LogP contribution in [-0.4, -0.2) is 32.6 Å². The molecule has 0 aliphatic carbocycles. The maximum Gasteiger partial charge on any atom is 0.411 e. The lowest BCUT2D eigenvalue weighted by Gasteiger charge is -2.36. The van der Waals surface area contributed by atoms with E-state index < -0.39 is 5.60 Å². The molecule has 1 aromatic rings. The van der Waals surface area contributed by atoms with Gasteiger partial charge in [0.05, 0.1) is 11.7 Å². The Morgan fingerprint density at radius 3 is 2.90 bits per heavy atom. The number of carbonyl (C=O) groups excluding carboxylic acids is 1. The van der Waals surface area contributed by atoms with E-state index in [4.69, 9.17) is 10.5 Å². The van der Waals surface area contributed by atoms with E-state index in [0.717, 1.165) is 30.5 Å². The van der Waals surface area contributed by atoms with Crippen LogP contribution in [0.25, 0.3) is 0 Å². The fraction of sp³-hybridized carbons (Fsp3) is 0.643. The third-order valence-corrected chi connectivity index (χ3v) is 3.81. The summed E-state index contributed by atoms with van der Waals surface area (Å²) < 4.78 is 5.52. The van der Waals surface area contributed by atoms with Crippen LogP contribution in [0.4, 0.5) is 10.7 Å². The Hall–Kier alpha value is -1.85. The number of carbonyl (C=O) groups is 1. The number of hydrogen-bond acceptors (Lipinski definition) is 5. The first-order valence-electron chi connectivity index (χ1n) is 6.98. The maximum atomic E-state index is 12.4. The highest BCUT2D eigenvalue weighted by Gasteiger charge is 2.45. The Labute approximate surface area is 118 Å². The highest BCUT2D eigenvalue weighted by atomic mass is 16.6. The molecule has 0 spiro atoms. The summed E-state index contributed by atoms with van der Waals surface area (Å²) in [6.07, 6.45) is 4.15. The highest BCUT2D eigenvalue weighted by molar-refractivity contribution is 5.70. The number of nitrogens with zero attached hydrogens (tertiary/aromatic N) is 3. The van der Waals surface area contributed by atoms with Crippen molar-refractivity contribution in [3.8, 4) is 0 Å². The van der Waals surface area contributed by atoms with Crippen molar-refractivity contribution in [3.63, 3.8) is 0 Å². The second-order valence-electron chi connectivity index (χ2n) is 6.47. The van der Waals surface area contributed by atoms with E-state index in [1.54, 1.807) is 6.20 Å². The largest absolute Gasteiger partial charge is 0.444 e. The summed E-state index contributed by atoms with van der Waals surface area (Å²) in [5, 5.41) is 0. The molecule has 2 aliphatic heterocycles. The maximum absolute atomic E-state index is 12.4. The predicted molar refractivity (Wildman–Crippen MR) is 74.0 cm³/mol. The van der Waals surface area contributed by atoms with Gasteiger partial charge in [0.1, 0.15) is 5.60 Å². The fourth-order valence-electron chi connectivity index (χ4n) is 3.09. The third-order valence-electron chi connectivity index (χ3n) is 3.81. The smallest absolute Gasteiger partial charge is 0.411 e. The first-order chi connectivity index (χ1) is 9.35. The Kier molecular flexibility index (Phi) is 2.84. The van der Waals surface area contributed by atoms with E-state index in [1.807, 2.05) is 25.7 Å². The van der Waals surface area contributed by atoms with Gasteiger partial charge in [0, 0.05) is 24.2 Å². The summed E-state index contributed by atoms with van der Waals surface area (Å²) in [4.78, 5) is 22.6. The van der Waals surface area contributed by atoms with Gasteiger partial charge in [-0.25, -0.2) is 14.8 Å². The average Bonchev–Trinajstić information content (AvgIpc) is 2.63. The van der Waals surface area contributed by atoms with Crippen LogP contribution in [-0.2, 0) is 11.2 Å². The van der Waals surface area contributed by atoms with Crippen molar-refractivity contribution in [2.45, 2.75) is 57.7 Å². The molecule has 108 valence electrons. The summed E-state index contributed by atoms with van der Waals surface area (Å²) in [6.45, 7) is 5.65. The first-order valence-corrected chi connectivity index (χ1v) is 6.98. The van der Waals surface area contributed by atoms with Crippen LogP contribution in [0.3, 0.4) is 0 Å². The number of hydrogen-bond donors (Lipinski definition) is 1. The number of aromatic nitrogens is 2. The molecule has 1 saturated heterocycles. The van der Waals surface area contributed by atoms with Crippen LogP contribution in [0.1, 0.15) is 50.9 Å². The molecule has 20 heavy (non-hydrogen) atoms. The third kappa shape index (κ3) is 2.19. The monoisotopic (exact) mass is 276 g/mol. The van der Waals surface area contributed by atoms with Crippen molar-refractivity contribution < 1.29 is 9.53 Å². The summed E-state index contributed by atoms with van der Waals surface area (Å²) in [5.41, 5.74) is 7.16. The Morgan fingerprint density at radius 1 is 1.45 bits per heavy atom. The Bertz CT molecular complexity index is 553. The zero-order chi connectivity index (χ0) is 14.5. The minimum absolute atomic E-state index is 0.0270. The SMILES string of the molecule is CC(C)(C)OC(=O)N1C2CCC1c1cnc(N)nc1C2. The number of nitrogen functional groups attached to an aromatic ring is 1. The topological polar surface area (TPSA) is 81.3 Å². The van der Waals surface area contributed by atoms with Crippen molar-refractivity contribution >= 4 is 12.0 Å². The van der Waals surface area contributed by atoms with Crippen molar-refractivity contribution in [2.24, 2.45) is 0 Å². The van der Waals surface area contributed by atoms with Crippen molar-refractivity contribution in [3.05, 3.63) is 17.5 Å². The van der Waals surface area contributed by atoms with Crippen molar-refractivity contribution in [1.29, 1.82) is 0 Å². The van der Waals surface area contributed by atoms with Gasteiger partial charge < -0.3 is 10.5 Å². The highest BCUT2D eigenvalue weighted by Crippen LogP contribution is 2.43. The molecule has 2 bridgehead atoms. The van der Waals surface area contributed by atoms with Gasteiger partial charge in [0.15, 0.2) is 0 Å². The minimum atomic E-state index is -0.478. The average molecular weight is 276 g/mol. The summed E-state index contributed by atoms with van der Waals surface area (Å²) in [7, 11) is 0. The summed E-state index contributed by atoms with van der Waals surface area (Å²) in [6, 6.07) is 0.191. The molecule has 2 aliphatic rings. The van der Waals surface area contributed by atoms with Gasteiger partial charge in [-0.1, -0.05) is 0 Å². The van der Waals surface area contributed by atoms with Crippen LogP contribution in [0.2, 0.25) is 0 Å². The molecule has 2 unspecified atom stereocenters. The molecule has 6 heteroatoms. The number of rotatable bonds is 0. The lowest BCUT2D eigenvalue weighted by molar-refractivity contribution is 0.0122. The lowest BCUT2D eigenvalue weighted by Crippen LogP contribution is -2.44. The van der Waals surface area contributed by atoms with Crippen molar-refractivity contribution in [2.75, 3.05) is 5.73 Å². The molecule has 3 rings (SSSR count). The van der Waals surface area contributed by atoms with Gasteiger partial charge in [0.25, 0.3) is 0 Å². The molecular formula is C14H20N4O2.